The van der Waals surface area contributed by atoms with Crippen molar-refractivity contribution < 1.29 is 36.6 Å². The van der Waals surface area contributed by atoms with E-state index in [2.05, 4.69) is 30.8 Å². The molecule has 190 valence electrons. The van der Waals surface area contributed by atoms with Crippen LogP contribution in [0.25, 0.3) is 5.65 Å². The number of hydrogen-bond donors (Lipinski definition) is 3. The molecule has 0 bridgehead atoms. The van der Waals surface area contributed by atoms with Gasteiger partial charge in [-0.05, 0) is 13.8 Å². The minimum atomic E-state index is -4.71. The van der Waals surface area contributed by atoms with Gasteiger partial charge in [-0.25, -0.2) is 19.2 Å². The predicted molar refractivity (Wildman–Crippen MR) is 113 cm³/mol. The summed E-state index contributed by atoms with van der Waals surface area (Å²) in [5.41, 5.74) is -0.559. The van der Waals surface area contributed by atoms with Crippen molar-refractivity contribution in [3.05, 3.63) is 35.4 Å². The van der Waals surface area contributed by atoms with Crippen LogP contribution >= 0.6 is 0 Å². The van der Waals surface area contributed by atoms with Crippen molar-refractivity contribution in [3.63, 3.8) is 0 Å². The van der Waals surface area contributed by atoms with E-state index in [4.69, 9.17) is 14.2 Å². The molecule has 1 saturated heterocycles. The summed E-state index contributed by atoms with van der Waals surface area (Å²) in [4.78, 5) is 19.5. The fourth-order valence-electron chi connectivity index (χ4n) is 3.50. The third-order valence-electron chi connectivity index (χ3n) is 4.98. The van der Waals surface area contributed by atoms with Gasteiger partial charge in [-0.3, -0.25) is 9.50 Å². The molecule has 4 rings (SSSR count). The van der Waals surface area contributed by atoms with Crippen LogP contribution in [0.15, 0.2) is 18.3 Å². The number of amides is 1. The van der Waals surface area contributed by atoms with E-state index in [9.17, 15) is 22.4 Å². The van der Waals surface area contributed by atoms with E-state index in [0.29, 0.717) is 5.69 Å². The number of methoxy groups -OCH3 is 1. The van der Waals surface area contributed by atoms with E-state index < -0.39 is 36.3 Å². The summed E-state index contributed by atoms with van der Waals surface area (Å²) in [7, 11) is 1.43. The lowest BCUT2D eigenvalue weighted by Gasteiger charge is -2.16. The number of aromatic amines is 1. The summed E-state index contributed by atoms with van der Waals surface area (Å²) < 4.78 is 71.8. The number of nitrogens with one attached hydrogen (secondary N) is 3. The summed E-state index contributed by atoms with van der Waals surface area (Å²) in [6.07, 6.45) is -7.94. The molecule has 1 fully saturated rings. The Labute approximate surface area is 196 Å². The molecule has 1 aliphatic rings. The first-order valence-electron chi connectivity index (χ1n) is 10.6. The van der Waals surface area contributed by atoms with Crippen molar-refractivity contribution in [1.82, 2.24) is 29.9 Å². The van der Waals surface area contributed by atoms with Gasteiger partial charge in [0.1, 0.15) is 11.8 Å². The number of alkyl halides is 4. The van der Waals surface area contributed by atoms with Crippen LogP contribution in [0.5, 0.6) is 0 Å². The lowest BCUT2D eigenvalue weighted by molar-refractivity contribution is -0.141. The minimum Gasteiger partial charge on any atom is -0.441 e. The molecule has 0 aliphatic carbocycles. The molecule has 0 unspecified atom stereocenters. The number of fused-ring (bicyclic) bond motifs is 1. The number of aromatic nitrogens is 5. The number of carbonyl (C=O) groups is 1. The smallest absolute Gasteiger partial charge is 0.433 e. The van der Waals surface area contributed by atoms with Crippen LogP contribution in [-0.2, 0) is 27.0 Å². The second-order valence-electron chi connectivity index (χ2n) is 8.13. The van der Waals surface area contributed by atoms with Crippen LogP contribution < -0.4 is 10.6 Å². The Bertz CT molecular complexity index is 1200. The monoisotopic (exact) mass is 501 g/mol. The molecule has 0 saturated carbocycles. The number of nitrogens with zero attached hydrogens (tertiary/aromatic N) is 4. The van der Waals surface area contributed by atoms with Crippen molar-refractivity contribution in [3.8, 4) is 0 Å². The molecule has 1 aliphatic heterocycles. The quantitative estimate of drug-likeness (QED) is 0.421. The van der Waals surface area contributed by atoms with Crippen molar-refractivity contribution in [2.75, 3.05) is 19.0 Å². The number of imidazole rings is 1. The zero-order valence-corrected chi connectivity index (χ0v) is 18.9. The maximum absolute atomic E-state index is 14.9. The van der Waals surface area contributed by atoms with Gasteiger partial charge in [0.15, 0.2) is 23.8 Å². The van der Waals surface area contributed by atoms with Crippen molar-refractivity contribution >= 4 is 23.5 Å². The summed E-state index contributed by atoms with van der Waals surface area (Å²) in [5.74, 6) is -0.147. The first-order valence-corrected chi connectivity index (χ1v) is 10.6. The molecule has 3 aromatic rings. The van der Waals surface area contributed by atoms with E-state index >= 15 is 0 Å². The second-order valence-corrected chi connectivity index (χ2v) is 8.13. The summed E-state index contributed by atoms with van der Waals surface area (Å²) in [6.45, 7) is 3.38. The summed E-state index contributed by atoms with van der Waals surface area (Å²) in [5, 5.41) is 11.8. The van der Waals surface area contributed by atoms with Gasteiger partial charge in [-0.1, -0.05) is 0 Å². The highest BCUT2D eigenvalue weighted by molar-refractivity contribution is 5.67. The largest absolute Gasteiger partial charge is 0.441 e. The normalized spacial score (nSPS) is 20.5. The molecule has 0 spiro atoms. The zero-order chi connectivity index (χ0) is 25.3. The number of H-pyrrole nitrogens is 1. The summed E-state index contributed by atoms with van der Waals surface area (Å²) in [6, 6.07) is 2.00. The Kier molecular flexibility index (Phi) is 6.80. The number of alkyl carbamates (subject to hydrolysis) is 1. The first-order chi connectivity index (χ1) is 16.5. The van der Waals surface area contributed by atoms with Crippen molar-refractivity contribution in [2.45, 2.75) is 51.1 Å². The Morgan fingerprint density at radius 3 is 2.80 bits per heavy atom. The number of anilines is 2. The Morgan fingerprint density at radius 1 is 1.34 bits per heavy atom. The van der Waals surface area contributed by atoms with Gasteiger partial charge in [-0.2, -0.15) is 18.3 Å². The van der Waals surface area contributed by atoms with E-state index in [1.165, 1.54) is 23.8 Å². The fourth-order valence-corrected chi connectivity index (χ4v) is 3.50. The van der Waals surface area contributed by atoms with Gasteiger partial charge in [0, 0.05) is 31.5 Å². The molecule has 3 N–H and O–H groups in total. The molecule has 0 radical (unpaired) electrons. The molecule has 4 heterocycles. The average molecular weight is 501 g/mol. The minimum absolute atomic E-state index is 0.000229. The second kappa shape index (κ2) is 9.65. The van der Waals surface area contributed by atoms with Crippen LogP contribution in [0.4, 0.5) is 34.1 Å². The van der Waals surface area contributed by atoms with Crippen LogP contribution in [0, 0.1) is 0 Å². The molecular formula is C20H23F4N7O4. The highest BCUT2D eigenvalue weighted by Crippen LogP contribution is 2.34. The third kappa shape index (κ3) is 5.45. The topological polar surface area (TPSA) is 128 Å². The number of rotatable bonds is 7. The van der Waals surface area contributed by atoms with Crippen molar-refractivity contribution in [1.29, 1.82) is 0 Å². The molecular weight excluding hydrogens is 478 g/mol. The number of halogens is 4. The highest BCUT2D eigenvalue weighted by Gasteiger charge is 2.42. The van der Waals surface area contributed by atoms with Crippen LogP contribution in [-0.4, -0.2) is 62.7 Å². The molecule has 15 heteroatoms. The van der Waals surface area contributed by atoms with Gasteiger partial charge in [-0.15, -0.1) is 0 Å². The average Bonchev–Trinajstić information content (AvgIpc) is 3.46. The Morgan fingerprint density at radius 2 is 2.11 bits per heavy atom. The number of carbonyl (C=O) groups excluding carboxylic acids is 1. The predicted octanol–water partition coefficient (Wildman–Crippen LogP) is 3.27. The van der Waals surface area contributed by atoms with Crippen LogP contribution in [0.3, 0.4) is 0 Å². The van der Waals surface area contributed by atoms with Gasteiger partial charge >= 0.3 is 12.3 Å². The number of ether oxygens (including phenoxy) is 3. The lowest BCUT2D eigenvalue weighted by Crippen LogP contribution is -2.36. The van der Waals surface area contributed by atoms with Crippen LogP contribution in [0.1, 0.15) is 37.0 Å². The lowest BCUT2D eigenvalue weighted by atomic mass is 10.1. The van der Waals surface area contributed by atoms with E-state index in [-0.39, 0.29) is 42.4 Å². The standard InChI is InChI=1S/C20H23F4N7O4/c1-9(2)25-19(32)35-12-8-34-17(16(12)21)11-4-14(30-29-11)28-18-27-13(20(22,23)24)5-15-26-10(7-33-3)6-31(15)18/h4-6,9,12,16-17H,7-8H2,1-3H3,(H,25,32)(H2,27,28,29,30)/t12-,16-,17-/m1/s1. The van der Waals surface area contributed by atoms with Crippen LogP contribution in [0.2, 0.25) is 0 Å². The molecule has 0 aromatic carbocycles. The maximum atomic E-state index is 14.9. The number of hydrogen-bond acceptors (Lipinski definition) is 8. The maximum Gasteiger partial charge on any atom is 0.433 e. The van der Waals surface area contributed by atoms with E-state index in [1.54, 1.807) is 13.8 Å². The first kappa shape index (κ1) is 24.7. The van der Waals surface area contributed by atoms with Crippen molar-refractivity contribution in [2.24, 2.45) is 0 Å². The van der Waals surface area contributed by atoms with Gasteiger partial charge in [0.25, 0.3) is 0 Å². The van der Waals surface area contributed by atoms with E-state index in [0.717, 1.165) is 6.07 Å². The van der Waals surface area contributed by atoms with Gasteiger partial charge in [0.05, 0.1) is 24.6 Å². The Hall–Kier alpha value is -3.46. The molecule has 35 heavy (non-hydrogen) atoms. The molecule has 1 amide bonds. The molecule has 3 atom stereocenters. The zero-order valence-electron chi connectivity index (χ0n) is 18.9. The third-order valence-corrected chi connectivity index (χ3v) is 4.98. The molecule has 11 nitrogen and oxygen atoms in total. The fraction of sp³-hybridized carbons (Fsp3) is 0.500. The van der Waals surface area contributed by atoms with Gasteiger partial charge < -0.3 is 24.8 Å². The SMILES string of the molecule is COCc1cn2c(Nc3cc([C@H]4OC[C@@H](OC(=O)NC(C)C)[C@H]4F)[nH]n3)nc(C(F)(F)F)cc2n1. The molecule has 3 aromatic heterocycles. The van der Waals surface area contributed by atoms with Gasteiger partial charge in [0.2, 0.25) is 5.95 Å². The Balaban J connectivity index is 1.54. The summed E-state index contributed by atoms with van der Waals surface area (Å²) >= 11 is 0. The van der Waals surface area contributed by atoms with E-state index in [1.807, 2.05) is 0 Å². The highest BCUT2D eigenvalue weighted by atomic mass is 19.4.